The van der Waals surface area contributed by atoms with Gasteiger partial charge in [-0.15, -0.1) is 0 Å². The summed E-state index contributed by atoms with van der Waals surface area (Å²) >= 11 is 11.5. The minimum Gasteiger partial charge on any atom is -0.388 e. The maximum Gasteiger partial charge on any atom is 0.224 e. The molecule has 0 unspecified atom stereocenters. The van der Waals surface area contributed by atoms with E-state index in [0.29, 0.717) is 24.1 Å². The van der Waals surface area contributed by atoms with Crippen LogP contribution in [0.25, 0.3) is 0 Å². The minimum atomic E-state index is -0.560. The molecule has 1 aromatic heterocycles. The Morgan fingerprint density at radius 1 is 1.47 bits per heavy atom. The number of nitrogens with zero attached hydrogens (tertiary/aromatic N) is 2. The molecule has 0 saturated carbocycles. The van der Waals surface area contributed by atoms with Crippen LogP contribution in [0.4, 0.5) is 5.82 Å². The molecule has 1 aliphatic rings. The molecule has 82 valence electrons. The lowest BCUT2D eigenvalue weighted by Gasteiger charge is -2.15. The number of ether oxygens (including phenoxy) is 1. The predicted octanol–water partition coefficient (Wildman–Crippen LogP) is 0.955. The number of aliphatic hydroxyl groups is 1. The molecule has 0 aliphatic carbocycles. The van der Waals surface area contributed by atoms with Gasteiger partial charge < -0.3 is 15.2 Å². The van der Waals surface area contributed by atoms with Crippen LogP contribution in [0.2, 0.25) is 10.3 Å². The van der Waals surface area contributed by atoms with E-state index >= 15 is 0 Å². The highest BCUT2D eigenvalue weighted by atomic mass is 35.5. The molecule has 2 heterocycles. The minimum absolute atomic E-state index is 0.107. The van der Waals surface area contributed by atoms with Gasteiger partial charge in [0.1, 0.15) is 10.8 Å². The van der Waals surface area contributed by atoms with Gasteiger partial charge in [-0.3, -0.25) is 0 Å². The first-order valence-corrected chi connectivity index (χ1v) is 5.13. The topological polar surface area (TPSA) is 67.3 Å². The summed E-state index contributed by atoms with van der Waals surface area (Å²) in [6, 6.07) is -0.214. The molecule has 15 heavy (non-hydrogen) atoms. The summed E-state index contributed by atoms with van der Waals surface area (Å²) < 4.78 is 5.08. The fraction of sp³-hybridized carbons (Fsp3) is 0.500. The van der Waals surface area contributed by atoms with Crippen LogP contribution >= 0.6 is 23.2 Å². The Hall–Kier alpha value is -0.620. The average Bonchev–Trinajstić information content (AvgIpc) is 2.58. The largest absolute Gasteiger partial charge is 0.388 e. The van der Waals surface area contributed by atoms with Crippen LogP contribution in [-0.4, -0.2) is 40.4 Å². The molecule has 0 spiro atoms. The molecule has 1 fully saturated rings. The number of hydrogen-bond acceptors (Lipinski definition) is 5. The van der Waals surface area contributed by atoms with Crippen LogP contribution in [0.15, 0.2) is 6.20 Å². The molecule has 7 heteroatoms. The lowest BCUT2D eigenvalue weighted by molar-refractivity contribution is 0.125. The number of anilines is 1. The van der Waals surface area contributed by atoms with Crippen molar-refractivity contribution in [3.8, 4) is 0 Å². The number of aromatic nitrogens is 2. The summed E-state index contributed by atoms with van der Waals surface area (Å²) in [5.41, 5.74) is 0. The standard InChI is InChI=1S/C8H9Cl2N3O2/c9-4-1-11-8(10)13-7(4)12-5-2-15-3-6(5)14/h1,5-6,14H,2-3H2,(H,11,12,13)/t5-,6-/m1/s1. The first-order chi connectivity index (χ1) is 7.16. The van der Waals surface area contributed by atoms with Gasteiger partial charge in [0.2, 0.25) is 5.28 Å². The van der Waals surface area contributed by atoms with Crippen molar-refractivity contribution in [2.75, 3.05) is 18.5 Å². The van der Waals surface area contributed by atoms with Crippen molar-refractivity contribution in [2.24, 2.45) is 0 Å². The highest BCUT2D eigenvalue weighted by Crippen LogP contribution is 2.21. The van der Waals surface area contributed by atoms with Gasteiger partial charge in [0, 0.05) is 0 Å². The van der Waals surface area contributed by atoms with Crippen molar-refractivity contribution in [3.63, 3.8) is 0 Å². The molecule has 0 aromatic carbocycles. The Morgan fingerprint density at radius 3 is 2.93 bits per heavy atom. The zero-order chi connectivity index (χ0) is 10.8. The van der Waals surface area contributed by atoms with Gasteiger partial charge >= 0.3 is 0 Å². The number of nitrogens with one attached hydrogen (secondary N) is 1. The molecule has 2 N–H and O–H groups in total. The molecule has 1 aromatic rings. The van der Waals surface area contributed by atoms with E-state index in [2.05, 4.69) is 15.3 Å². The van der Waals surface area contributed by atoms with Crippen molar-refractivity contribution in [3.05, 3.63) is 16.5 Å². The Morgan fingerprint density at radius 2 is 2.27 bits per heavy atom. The van der Waals surface area contributed by atoms with Gasteiger partial charge in [0.05, 0.1) is 31.6 Å². The van der Waals surface area contributed by atoms with Gasteiger partial charge in [-0.05, 0) is 11.6 Å². The summed E-state index contributed by atoms with van der Waals surface area (Å²) in [6.45, 7) is 0.729. The Labute approximate surface area is 96.4 Å². The average molecular weight is 250 g/mol. The number of rotatable bonds is 2. The van der Waals surface area contributed by atoms with E-state index in [1.807, 2.05) is 0 Å². The molecular formula is C8H9Cl2N3O2. The van der Waals surface area contributed by atoms with Crippen molar-refractivity contribution in [1.29, 1.82) is 0 Å². The Kier molecular flexibility index (Phi) is 3.25. The third kappa shape index (κ3) is 2.49. The van der Waals surface area contributed by atoms with Gasteiger partial charge in [-0.25, -0.2) is 4.98 Å². The highest BCUT2D eigenvalue weighted by molar-refractivity contribution is 6.33. The summed E-state index contributed by atoms with van der Waals surface area (Å²) in [6.07, 6.45) is 0.844. The fourth-order valence-corrected chi connectivity index (χ4v) is 1.58. The third-order valence-corrected chi connectivity index (χ3v) is 2.55. The molecule has 5 nitrogen and oxygen atoms in total. The van der Waals surface area contributed by atoms with E-state index < -0.39 is 6.10 Å². The van der Waals surface area contributed by atoms with Crippen LogP contribution in [0.1, 0.15) is 0 Å². The molecule has 0 bridgehead atoms. The molecular weight excluding hydrogens is 241 g/mol. The maximum absolute atomic E-state index is 9.50. The maximum atomic E-state index is 9.50. The van der Waals surface area contributed by atoms with E-state index in [9.17, 15) is 5.11 Å². The molecule has 2 rings (SSSR count). The first-order valence-electron chi connectivity index (χ1n) is 4.37. The quantitative estimate of drug-likeness (QED) is 0.765. The van der Waals surface area contributed by atoms with E-state index in [0.717, 1.165) is 0 Å². The summed E-state index contributed by atoms with van der Waals surface area (Å²) in [5, 5.41) is 12.9. The molecule has 1 saturated heterocycles. The van der Waals surface area contributed by atoms with E-state index in [1.165, 1.54) is 6.20 Å². The number of aliphatic hydroxyl groups excluding tert-OH is 1. The molecule has 0 radical (unpaired) electrons. The summed E-state index contributed by atoms with van der Waals surface area (Å²) in [4.78, 5) is 7.64. The van der Waals surface area contributed by atoms with Gasteiger partial charge in [-0.1, -0.05) is 11.6 Å². The van der Waals surface area contributed by atoms with Crippen molar-refractivity contribution >= 4 is 29.0 Å². The van der Waals surface area contributed by atoms with Gasteiger partial charge in [-0.2, -0.15) is 4.98 Å². The summed E-state index contributed by atoms with van der Waals surface area (Å²) in [5.74, 6) is 0.409. The van der Waals surface area contributed by atoms with Crippen LogP contribution in [0, 0.1) is 0 Å². The van der Waals surface area contributed by atoms with Gasteiger partial charge in [0.25, 0.3) is 0 Å². The molecule has 1 aliphatic heterocycles. The zero-order valence-electron chi connectivity index (χ0n) is 7.65. The predicted molar refractivity (Wildman–Crippen MR) is 56.3 cm³/mol. The van der Waals surface area contributed by atoms with Crippen LogP contribution in [-0.2, 0) is 4.74 Å². The first kappa shape index (κ1) is 10.9. The highest BCUT2D eigenvalue weighted by Gasteiger charge is 2.26. The zero-order valence-corrected chi connectivity index (χ0v) is 9.16. The Balaban J connectivity index is 2.12. The van der Waals surface area contributed by atoms with Crippen molar-refractivity contribution < 1.29 is 9.84 Å². The fourth-order valence-electron chi connectivity index (χ4n) is 1.30. The second-order valence-electron chi connectivity index (χ2n) is 3.19. The SMILES string of the molecule is O[C@@H]1COC[C@H]1Nc1nc(Cl)ncc1Cl. The van der Waals surface area contributed by atoms with Crippen molar-refractivity contribution in [1.82, 2.24) is 9.97 Å². The normalized spacial score (nSPS) is 25.5. The van der Waals surface area contributed by atoms with E-state index in [1.54, 1.807) is 0 Å². The van der Waals surface area contributed by atoms with Crippen LogP contribution in [0.5, 0.6) is 0 Å². The smallest absolute Gasteiger partial charge is 0.224 e. The van der Waals surface area contributed by atoms with Crippen LogP contribution < -0.4 is 5.32 Å². The van der Waals surface area contributed by atoms with Gasteiger partial charge in [0.15, 0.2) is 0 Å². The third-order valence-electron chi connectivity index (χ3n) is 2.09. The number of halogens is 2. The van der Waals surface area contributed by atoms with E-state index in [-0.39, 0.29) is 11.3 Å². The lowest BCUT2D eigenvalue weighted by Crippen LogP contribution is -2.32. The lowest BCUT2D eigenvalue weighted by atomic mass is 10.2. The molecule has 0 amide bonds. The second kappa shape index (κ2) is 4.49. The Bertz CT molecular complexity index is 364. The summed E-state index contributed by atoms with van der Waals surface area (Å²) in [7, 11) is 0. The van der Waals surface area contributed by atoms with Crippen LogP contribution in [0.3, 0.4) is 0 Å². The van der Waals surface area contributed by atoms with E-state index in [4.69, 9.17) is 27.9 Å². The number of hydrogen-bond donors (Lipinski definition) is 2. The van der Waals surface area contributed by atoms with Crippen molar-refractivity contribution in [2.45, 2.75) is 12.1 Å². The monoisotopic (exact) mass is 249 g/mol. The second-order valence-corrected chi connectivity index (χ2v) is 3.94. The molecule has 2 atom stereocenters.